The highest BCUT2D eigenvalue weighted by atomic mass is 35.5. The van der Waals surface area contributed by atoms with Gasteiger partial charge in [0.15, 0.2) is 0 Å². The molecule has 1 heterocycles. The van der Waals surface area contributed by atoms with E-state index in [9.17, 15) is 9.59 Å². The molecule has 1 aliphatic heterocycles. The Morgan fingerprint density at radius 3 is 2.43 bits per heavy atom. The van der Waals surface area contributed by atoms with Crippen molar-refractivity contribution in [3.8, 4) is 11.5 Å². The number of halogens is 1. The Bertz CT molecular complexity index is 866. The van der Waals surface area contributed by atoms with Crippen molar-refractivity contribution in [3.63, 3.8) is 0 Å². The van der Waals surface area contributed by atoms with Crippen LogP contribution in [0.1, 0.15) is 36.0 Å². The fourth-order valence-electron chi connectivity index (χ4n) is 3.50. The topological polar surface area (TPSA) is 67.9 Å². The molecule has 1 fully saturated rings. The predicted octanol–water partition coefficient (Wildman–Crippen LogP) is 3.93. The normalized spacial score (nSPS) is 14.3. The number of piperidine rings is 1. The Kier molecular flexibility index (Phi) is 7.97. The monoisotopic (exact) mass is 430 g/mol. The molecule has 3 rings (SSSR count). The minimum absolute atomic E-state index is 0.00673. The van der Waals surface area contributed by atoms with Gasteiger partial charge in [0.25, 0.3) is 5.91 Å². The molecule has 1 aliphatic rings. The van der Waals surface area contributed by atoms with E-state index in [1.165, 1.54) is 0 Å². The summed E-state index contributed by atoms with van der Waals surface area (Å²) in [7, 11) is 1.56. The van der Waals surface area contributed by atoms with Gasteiger partial charge in [-0.15, -0.1) is 0 Å². The summed E-state index contributed by atoms with van der Waals surface area (Å²) < 4.78 is 10.9. The Hall–Kier alpha value is -2.73. The van der Waals surface area contributed by atoms with Gasteiger partial charge in [0.1, 0.15) is 11.5 Å². The van der Waals surface area contributed by atoms with Crippen LogP contribution in [0.5, 0.6) is 11.5 Å². The second-order valence-corrected chi connectivity index (χ2v) is 7.62. The number of methoxy groups -OCH3 is 1. The minimum atomic E-state index is -0.0334. The molecule has 2 aromatic carbocycles. The van der Waals surface area contributed by atoms with Crippen LogP contribution in [0.3, 0.4) is 0 Å². The summed E-state index contributed by atoms with van der Waals surface area (Å²) in [5.74, 6) is 1.19. The molecule has 1 saturated heterocycles. The third-order valence-corrected chi connectivity index (χ3v) is 5.44. The molecule has 6 nitrogen and oxygen atoms in total. The Labute approximate surface area is 182 Å². The quantitative estimate of drug-likeness (QED) is 0.644. The molecule has 0 unspecified atom stereocenters. The molecule has 2 amide bonds. The lowest BCUT2D eigenvalue weighted by molar-refractivity contribution is -0.122. The number of hydrogen-bond donors (Lipinski definition) is 1. The van der Waals surface area contributed by atoms with Crippen molar-refractivity contribution in [3.05, 3.63) is 59.1 Å². The number of likely N-dealkylation sites (tertiary alicyclic amines) is 1. The van der Waals surface area contributed by atoms with Crippen LogP contribution in [0.2, 0.25) is 5.02 Å². The van der Waals surface area contributed by atoms with Crippen molar-refractivity contribution in [1.82, 2.24) is 10.2 Å². The third kappa shape index (κ3) is 5.89. The summed E-state index contributed by atoms with van der Waals surface area (Å²) in [6, 6.07) is 14.6. The predicted molar refractivity (Wildman–Crippen MR) is 116 cm³/mol. The number of amides is 2. The number of para-hydroxylation sites is 2. The van der Waals surface area contributed by atoms with Gasteiger partial charge in [-0.3, -0.25) is 9.59 Å². The van der Waals surface area contributed by atoms with Crippen molar-refractivity contribution in [2.24, 2.45) is 0 Å². The van der Waals surface area contributed by atoms with Crippen LogP contribution >= 0.6 is 11.6 Å². The molecule has 30 heavy (non-hydrogen) atoms. The number of carbonyl (C=O) groups is 2. The summed E-state index contributed by atoms with van der Waals surface area (Å²) in [5, 5.41) is 3.63. The molecule has 1 N–H and O–H groups in total. The van der Waals surface area contributed by atoms with Crippen LogP contribution in [-0.2, 0) is 4.79 Å². The van der Waals surface area contributed by atoms with Gasteiger partial charge < -0.3 is 19.7 Å². The van der Waals surface area contributed by atoms with Crippen LogP contribution in [-0.4, -0.2) is 49.6 Å². The first-order chi connectivity index (χ1) is 14.6. The smallest absolute Gasteiger partial charge is 0.257 e. The molecule has 0 saturated carbocycles. The maximum atomic E-state index is 12.8. The first kappa shape index (κ1) is 22.0. The van der Waals surface area contributed by atoms with Crippen molar-refractivity contribution < 1.29 is 19.1 Å². The van der Waals surface area contributed by atoms with Gasteiger partial charge >= 0.3 is 0 Å². The van der Waals surface area contributed by atoms with E-state index >= 15 is 0 Å². The van der Waals surface area contributed by atoms with Crippen LogP contribution in [0, 0.1) is 0 Å². The molecular formula is C23H27ClN2O4. The fraction of sp³-hybridized carbons (Fsp3) is 0.391. The lowest BCUT2D eigenvalue weighted by Crippen LogP contribution is -2.46. The van der Waals surface area contributed by atoms with E-state index in [-0.39, 0.29) is 17.9 Å². The molecule has 7 heteroatoms. The van der Waals surface area contributed by atoms with Gasteiger partial charge in [0.05, 0.1) is 24.3 Å². The van der Waals surface area contributed by atoms with Crippen LogP contribution < -0.4 is 14.8 Å². The SMILES string of the molecule is COc1ccccc1C(=O)N1CCC(NC(=O)CCCOc2ccccc2Cl)CC1. The summed E-state index contributed by atoms with van der Waals surface area (Å²) in [6.45, 7) is 1.65. The van der Waals surface area contributed by atoms with E-state index in [1.807, 2.05) is 35.2 Å². The van der Waals surface area contributed by atoms with Crippen LogP contribution in [0.4, 0.5) is 0 Å². The lowest BCUT2D eigenvalue weighted by Gasteiger charge is -2.32. The highest BCUT2D eigenvalue weighted by Crippen LogP contribution is 2.23. The summed E-state index contributed by atoms with van der Waals surface area (Å²) >= 11 is 6.05. The van der Waals surface area contributed by atoms with E-state index in [0.29, 0.717) is 54.6 Å². The Balaban J connectivity index is 1.37. The van der Waals surface area contributed by atoms with Gasteiger partial charge in [-0.25, -0.2) is 0 Å². The number of hydrogen-bond acceptors (Lipinski definition) is 4. The first-order valence-corrected chi connectivity index (χ1v) is 10.5. The van der Waals surface area contributed by atoms with Crippen molar-refractivity contribution in [1.29, 1.82) is 0 Å². The maximum absolute atomic E-state index is 12.8. The number of nitrogens with zero attached hydrogens (tertiary/aromatic N) is 1. The molecule has 0 bridgehead atoms. The zero-order valence-electron chi connectivity index (χ0n) is 17.1. The molecule has 0 aromatic heterocycles. The van der Waals surface area contributed by atoms with E-state index in [4.69, 9.17) is 21.1 Å². The van der Waals surface area contributed by atoms with Crippen molar-refractivity contribution >= 4 is 23.4 Å². The molecule has 160 valence electrons. The second kappa shape index (κ2) is 10.9. The first-order valence-electron chi connectivity index (χ1n) is 10.2. The Morgan fingerprint density at radius 2 is 1.73 bits per heavy atom. The molecule has 0 aliphatic carbocycles. The number of rotatable bonds is 8. The van der Waals surface area contributed by atoms with Gasteiger partial charge in [-0.2, -0.15) is 0 Å². The standard InChI is InChI=1S/C23H27ClN2O4/c1-29-20-9-4-2-7-18(20)23(28)26-14-12-17(13-15-26)25-22(27)11-6-16-30-21-10-5-3-8-19(21)24/h2-5,7-10,17H,6,11-16H2,1H3,(H,25,27). The van der Waals surface area contributed by atoms with E-state index in [0.717, 1.165) is 12.8 Å². The average Bonchev–Trinajstić information content (AvgIpc) is 2.78. The molecule has 0 spiro atoms. The Morgan fingerprint density at radius 1 is 1.07 bits per heavy atom. The molecule has 2 aromatic rings. The van der Waals surface area contributed by atoms with Crippen LogP contribution in [0.15, 0.2) is 48.5 Å². The molecule has 0 radical (unpaired) electrons. The number of carbonyl (C=O) groups excluding carboxylic acids is 2. The summed E-state index contributed by atoms with van der Waals surface area (Å²) in [5.41, 5.74) is 0.570. The zero-order valence-corrected chi connectivity index (χ0v) is 17.9. The number of nitrogens with one attached hydrogen (secondary N) is 1. The molecular weight excluding hydrogens is 404 g/mol. The highest BCUT2D eigenvalue weighted by molar-refractivity contribution is 6.32. The van der Waals surface area contributed by atoms with Crippen molar-refractivity contribution in [2.75, 3.05) is 26.8 Å². The lowest BCUT2D eigenvalue weighted by atomic mass is 10.0. The van der Waals surface area contributed by atoms with E-state index in [2.05, 4.69) is 5.32 Å². The minimum Gasteiger partial charge on any atom is -0.496 e. The number of ether oxygens (including phenoxy) is 2. The zero-order chi connectivity index (χ0) is 21.3. The second-order valence-electron chi connectivity index (χ2n) is 7.22. The van der Waals surface area contributed by atoms with E-state index in [1.54, 1.807) is 25.3 Å². The third-order valence-electron chi connectivity index (χ3n) is 5.13. The van der Waals surface area contributed by atoms with E-state index < -0.39 is 0 Å². The van der Waals surface area contributed by atoms with Gasteiger partial charge in [0.2, 0.25) is 5.91 Å². The molecule has 0 atom stereocenters. The maximum Gasteiger partial charge on any atom is 0.257 e. The number of benzene rings is 2. The van der Waals surface area contributed by atoms with Crippen molar-refractivity contribution in [2.45, 2.75) is 31.7 Å². The van der Waals surface area contributed by atoms with Gasteiger partial charge in [-0.05, 0) is 43.5 Å². The summed E-state index contributed by atoms with van der Waals surface area (Å²) in [6.07, 6.45) is 2.48. The average molecular weight is 431 g/mol. The highest BCUT2D eigenvalue weighted by Gasteiger charge is 2.26. The van der Waals surface area contributed by atoms with Gasteiger partial charge in [0, 0.05) is 25.6 Å². The summed E-state index contributed by atoms with van der Waals surface area (Å²) in [4.78, 5) is 26.8. The largest absolute Gasteiger partial charge is 0.496 e. The van der Waals surface area contributed by atoms with Crippen LogP contribution in [0.25, 0.3) is 0 Å². The van der Waals surface area contributed by atoms with Gasteiger partial charge in [-0.1, -0.05) is 35.9 Å². The fourth-order valence-corrected chi connectivity index (χ4v) is 3.69.